The summed E-state index contributed by atoms with van der Waals surface area (Å²) in [5.74, 6) is 1.75. The minimum atomic E-state index is -0.166. The Balaban J connectivity index is 2.63. The molecule has 112 valence electrons. The van der Waals surface area contributed by atoms with Gasteiger partial charge in [0, 0.05) is 11.8 Å². The summed E-state index contributed by atoms with van der Waals surface area (Å²) in [5.41, 5.74) is 8.14. The van der Waals surface area contributed by atoms with Crippen molar-refractivity contribution in [2.75, 3.05) is 5.73 Å². The summed E-state index contributed by atoms with van der Waals surface area (Å²) < 4.78 is 0. The van der Waals surface area contributed by atoms with Gasteiger partial charge in [-0.3, -0.25) is 0 Å². The van der Waals surface area contributed by atoms with Gasteiger partial charge in [0.2, 0.25) is 0 Å². The molecule has 0 bridgehead atoms. The number of benzene rings is 1. The molecule has 3 heteroatoms. The normalized spacial score (nSPS) is 11.9. The standard InChI is InChI=1S/C18H25N3/c1-5-18(6-2,14-10-8-7-9-11-14)17-20-15(13(3)4)12-16(19)21-17/h7-13H,5-6H2,1-4H3,(H2,19,20,21). The van der Waals surface area contributed by atoms with E-state index in [1.807, 2.05) is 12.1 Å². The Labute approximate surface area is 127 Å². The summed E-state index contributed by atoms with van der Waals surface area (Å²) in [6.45, 7) is 8.65. The van der Waals surface area contributed by atoms with E-state index in [1.54, 1.807) is 0 Å². The van der Waals surface area contributed by atoms with Crippen LogP contribution in [0.15, 0.2) is 36.4 Å². The third-order valence-corrected chi connectivity index (χ3v) is 4.32. The highest BCUT2D eigenvalue weighted by atomic mass is 15.0. The van der Waals surface area contributed by atoms with Crippen molar-refractivity contribution >= 4 is 5.82 Å². The van der Waals surface area contributed by atoms with Gasteiger partial charge in [-0.05, 0) is 24.3 Å². The maximum Gasteiger partial charge on any atom is 0.141 e. The first-order chi connectivity index (χ1) is 10.0. The molecule has 1 aromatic carbocycles. The largest absolute Gasteiger partial charge is 0.384 e. The molecule has 2 rings (SSSR count). The Morgan fingerprint density at radius 1 is 1.05 bits per heavy atom. The van der Waals surface area contributed by atoms with Crippen LogP contribution in [0.5, 0.6) is 0 Å². The molecule has 0 aliphatic carbocycles. The maximum absolute atomic E-state index is 6.03. The number of hydrogen-bond donors (Lipinski definition) is 1. The van der Waals surface area contributed by atoms with E-state index in [4.69, 9.17) is 10.7 Å². The van der Waals surface area contributed by atoms with Crippen LogP contribution < -0.4 is 5.73 Å². The van der Waals surface area contributed by atoms with Crippen LogP contribution in [-0.4, -0.2) is 9.97 Å². The van der Waals surface area contributed by atoms with Crippen LogP contribution in [0.4, 0.5) is 5.82 Å². The van der Waals surface area contributed by atoms with Crippen LogP contribution in [0.3, 0.4) is 0 Å². The van der Waals surface area contributed by atoms with Crippen LogP contribution in [0.2, 0.25) is 0 Å². The second kappa shape index (κ2) is 6.25. The van der Waals surface area contributed by atoms with E-state index in [0.717, 1.165) is 24.4 Å². The first-order valence-corrected chi connectivity index (χ1v) is 7.74. The SMILES string of the molecule is CCC(CC)(c1ccccc1)c1nc(N)cc(C(C)C)n1. The van der Waals surface area contributed by atoms with Gasteiger partial charge in [-0.15, -0.1) is 0 Å². The van der Waals surface area contributed by atoms with E-state index >= 15 is 0 Å². The monoisotopic (exact) mass is 283 g/mol. The molecule has 0 fully saturated rings. The fourth-order valence-corrected chi connectivity index (χ4v) is 2.86. The molecule has 3 nitrogen and oxygen atoms in total. The van der Waals surface area contributed by atoms with Crippen LogP contribution in [0.1, 0.15) is 63.5 Å². The quantitative estimate of drug-likeness (QED) is 0.890. The second-order valence-corrected chi connectivity index (χ2v) is 5.85. The van der Waals surface area contributed by atoms with E-state index in [1.165, 1.54) is 5.56 Å². The molecular formula is C18H25N3. The topological polar surface area (TPSA) is 51.8 Å². The van der Waals surface area contributed by atoms with Crippen molar-refractivity contribution in [1.82, 2.24) is 9.97 Å². The lowest BCUT2D eigenvalue weighted by Gasteiger charge is -2.31. The molecular weight excluding hydrogens is 258 g/mol. The van der Waals surface area contributed by atoms with E-state index in [9.17, 15) is 0 Å². The highest BCUT2D eigenvalue weighted by Crippen LogP contribution is 2.37. The Kier molecular flexibility index (Phi) is 4.61. The molecule has 0 amide bonds. The molecule has 21 heavy (non-hydrogen) atoms. The lowest BCUT2D eigenvalue weighted by molar-refractivity contribution is 0.447. The van der Waals surface area contributed by atoms with E-state index in [2.05, 4.69) is 56.9 Å². The fraction of sp³-hybridized carbons (Fsp3) is 0.444. The zero-order chi connectivity index (χ0) is 15.5. The first-order valence-electron chi connectivity index (χ1n) is 7.74. The number of rotatable bonds is 5. The third-order valence-electron chi connectivity index (χ3n) is 4.32. The number of aromatic nitrogens is 2. The van der Waals surface area contributed by atoms with Gasteiger partial charge in [-0.2, -0.15) is 0 Å². The smallest absolute Gasteiger partial charge is 0.141 e. The Bertz CT molecular complexity index is 587. The lowest BCUT2D eigenvalue weighted by atomic mass is 9.75. The molecule has 2 aromatic rings. The first kappa shape index (κ1) is 15.5. The summed E-state index contributed by atoms with van der Waals surface area (Å²) in [6.07, 6.45) is 1.91. The summed E-state index contributed by atoms with van der Waals surface area (Å²) in [5, 5.41) is 0. The molecule has 0 unspecified atom stereocenters. The second-order valence-electron chi connectivity index (χ2n) is 5.85. The van der Waals surface area contributed by atoms with Crippen molar-refractivity contribution in [3.05, 3.63) is 53.5 Å². The van der Waals surface area contributed by atoms with Crippen LogP contribution in [0, 0.1) is 0 Å². The van der Waals surface area contributed by atoms with Crippen molar-refractivity contribution < 1.29 is 0 Å². The van der Waals surface area contributed by atoms with Gasteiger partial charge in [0.15, 0.2) is 0 Å². The Hall–Kier alpha value is -1.90. The molecule has 0 aliphatic heterocycles. The maximum atomic E-state index is 6.03. The summed E-state index contributed by atoms with van der Waals surface area (Å²) in [4.78, 5) is 9.41. The number of nitrogens with zero attached hydrogens (tertiary/aromatic N) is 2. The Morgan fingerprint density at radius 3 is 2.19 bits per heavy atom. The van der Waals surface area contributed by atoms with E-state index in [-0.39, 0.29) is 5.41 Å². The molecule has 1 heterocycles. The average Bonchev–Trinajstić information content (AvgIpc) is 2.50. The zero-order valence-electron chi connectivity index (χ0n) is 13.4. The van der Waals surface area contributed by atoms with Gasteiger partial charge in [0.1, 0.15) is 11.6 Å². The van der Waals surface area contributed by atoms with Gasteiger partial charge < -0.3 is 5.73 Å². The molecule has 0 atom stereocenters. The molecule has 2 N–H and O–H groups in total. The average molecular weight is 283 g/mol. The summed E-state index contributed by atoms with van der Waals surface area (Å²) in [6, 6.07) is 12.4. The highest BCUT2D eigenvalue weighted by molar-refractivity contribution is 5.38. The number of nitrogens with two attached hydrogens (primary N) is 1. The van der Waals surface area contributed by atoms with Crippen molar-refractivity contribution in [1.29, 1.82) is 0 Å². The van der Waals surface area contributed by atoms with Crippen molar-refractivity contribution in [3.63, 3.8) is 0 Å². The molecule has 0 aliphatic rings. The summed E-state index contributed by atoms with van der Waals surface area (Å²) >= 11 is 0. The highest BCUT2D eigenvalue weighted by Gasteiger charge is 2.34. The number of anilines is 1. The Morgan fingerprint density at radius 2 is 1.67 bits per heavy atom. The van der Waals surface area contributed by atoms with E-state index < -0.39 is 0 Å². The van der Waals surface area contributed by atoms with Gasteiger partial charge in [-0.25, -0.2) is 9.97 Å². The van der Waals surface area contributed by atoms with Gasteiger partial charge in [0.05, 0.1) is 5.41 Å². The van der Waals surface area contributed by atoms with Gasteiger partial charge in [0.25, 0.3) is 0 Å². The lowest BCUT2D eigenvalue weighted by Crippen LogP contribution is -2.29. The van der Waals surface area contributed by atoms with Crippen LogP contribution in [-0.2, 0) is 5.41 Å². The van der Waals surface area contributed by atoms with Crippen molar-refractivity contribution in [3.8, 4) is 0 Å². The van der Waals surface area contributed by atoms with Gasteiger partial charge >= 0.3 is 0 Å². The number of hydrogen-bond acceptors (Lipinski definition) is 3. The predicted molar refractivity (Wildman–Crippen MR) is 88.3 cm³/mol. The van der Waals surface area contributed by atoms with Crippen molar-refractivity contribution in [2.24, 2.45) is 0 Å². The fourth-order valence-electron chi connectivity index (χ4n) is 2.86. The molecule has 0 spiro atoms. The summed E-state index contributed by atoms with van der Waals surface area (Å²) in [7, 11) is 0. The van der Waals surface area contributed by atoms with E-state index in [0.29, 0.717) is 11.7 Å². The minimum Gasteiger partial charge on any atom is -0.384 e. The minimum absolute atomic E-state index is 0.166. The zero-order valence-corrected chi connectivity index (χ0v) is 13.4. The third kappa shape index (κ3) is 2.92. The van der Waals surface area contributed by atoms with Gasteiger partial charge in [-0.1, -0.05) is 58.0 Å². The van der Waals surface area contributed by atoms with Crippen LogP contribution >= 0.6 is 0 Å². The number of nitrogen functional groups attached to an aromatic ring is 1. The predicted octanol–water partition coefficient (Wildman–Crippen LogP) is 4.29. The molecule has 1 aromatic heterocycles. The molecule has 0 saturated heterocycles. The van der Waals surface area contributed by atoms with Crippen LogP contribution in [0.25, 0.3) is 0 Å². The molecule has 0 radical (unpaired) electrons. The van der Waals surface area contributed by atoms with Crippen molar-refractivity contribution in [2.45, 2.75) is 51.9 Å². The molecule has 0 saturated carbocycles.